The third-order valence-corrected chi connectivity index (χ3v) is 3.96. The van der Waals surface area contributed by atoms with Gasteiger partial charge in [-0.25, -0.2) is 4.79 Å². The van der Waals surface area contributed by atoms with Gasteiger partial charge in [0.1, 0.15) is 12.1 Å². The van der Waals surface area contributed by atoms with Crippen molar-refractivity contribution >= 4 is 41.3 Å². The maximum absolute atomic E-state index is 12.1. The molecule has 0 saturated heterocycles. The van der Waals surface area contributed by atoms with Gasteiger partial charge in [-0.15, -0.1) is 0 Å². The van der Waals surface area contributed by atoms with Crippen molar-refractivity contribution in [3.05, 3.63) is 0 Å². The zero-order chi connectivity index (χ0) is 16.3. The normalized spacial score (nSPS) is 13.3. The molecule has 0 aliphatic rings. The monoisotopic (exact) mass is 337 g/mol. The van der Waals surface area contributed by atoms with E-state index in [9.17, 15) is 14.4 Å². The fourth-order valence-electron chi connectivity index (χ4n) is 1.52. The van der Waals surface area contributed by atoms with Gasteiger partial charge in [0.15, 0.2) is 0 Å². The average molecular weight is 337 g/mol. The molecule has 0 aromatic carbocycles. The van der Waals surface area contributed by atoms with Crippen LogP contribution >= 0.6 is 23.5 Å². The van der Waals surface area contributed by atoms with E-state index in [0.29, 0.717) is 24.3 Å². The Morgan fingerprint density at radius 3 is 2.00 bits per heavy atom. The first-order valence-electron chi connectivity index (χ1n) is 6.46. The molecule has 0 fully saturated rings. The van der Waals surface area contributed by atoms with E-state index in [1.54, 1.807) is 0 Å². The maximum Gasteiger partial charge on any atom is 0.326 e. The Hall–Kier alpha value is -0.930. The summed E-state index contributed by atoms with van der Waals surface area (Å²) in [6, 6.07) is -1.71. The molecule has 0 bridgehead atoms. The molecule has 2 atom stereocenters. The molecule has 122 valence electrons. The van der Waals surface area contributed by atoms with Gasteiger partial charge in [0.2, 0.25) is 11.8 Å². The Morgan fingerprint density at radius 1 is 1.05 bits per heavy atom. The van der Waals surface area contributed by atoms with E-state index in [2.05, 4.69) is 10.6 Å². The molecule has 21 heavy (non-hydrogen) atoms. The molecule has 0 aromatic heterocycles. The summed E-state index contributed by atoms with van der Waals surface area (Å²) in [4.78, 5) is 34.6. The first kappa shape index (κ1) is 20.1. The van der Waals surface area contributed by atoms with Gasteiger partial charge in [0, 0.05) is 0 Å². The predicted octanol–water partition coefficient (Wildman–Crippen LogP) is -0.494. The minimum Gasteiger partial charge on any atom is -0.480 e. The van der Waals surface area contributed by atoms with Crippen LogP contribution in [0.2, 0.25) is 0 Å². The molecular formula is C12H23N3O4S2. The summed E-state index contributed by atoms with van der Waals surface area (Å²) in [7, 11) is 0. The molecule has 0 aliphatic carbocycles. The Bertz CT molecular complexity index is 355. The molecule has 2 unspecified atom stereocenters. The van der Waals surface area contributed by atoms with E-state index in [-0.39, 0.29) is 6.54 Å². The van der Waals surface area contributed by atoms with E-state index in [0.717, 1.165) is 0 Å². The van der Waals surface area contributed by atoms with Crippen molar-refractivity contribution in [1.82, 2.24) is 10.6 Å². The van der Waals surface area contributed by atoms with E-state index in [1.807, 2.05) is 12.5 Å². The lowest BCUT2D eigenvalue weighted by Gasteiger charge is -2.21. The van der Waals surface area contributed by atoms with Crippen LogP contribution in [0.5, 0.6) is 0 Å². The lowest BCUT2D eigenvalue weighted by atomic mass is 10.1. The van der Waals surface area contributed by atoms with Crippen molar-refractivity contribution in [3.8, 4) is 0 Å². The number of carbonyl (C=O) groups excluding carboxylic acids is 2. The molecule has 0 heterocycles. The van der Waals surface area contributed by atoms with Gasteiger partial charge in [0.05, 0.1) is 6.54 Å². The number of amides is 2. The number of carboxylic acid groups (broad SMARTS) is 1. The summed E-state index contributed by atoms with van der Waals surface area (Å²) < 4.78 is 0. The summed E-state index contributed by atoms with van der Waals surface area (Å²) in [5, 5.41) is 14.1. The van der Waals surface area contributed by atoms with Crippen molar-refractivity contribution in [2.24, 2.45) is 5.73 Å². The number of hydrogen-bond acceptors (Lipinski definition) is 6. The highest BCUT2D eigenvalue weighted by Gasteiger charge is 2.25. The van der Waals surface area contributed by atoms with Crippen LogP contribution in [-0.2, 0) is 14.4 Å². The third kappa shape index (κ3) is 8.84. The van der Waals surface area contributed by atoms with Gasteiger partial charge in [-0.2, -0.15) is 23.5 Å². The Labute approximate surface area is 133 Å². The maximum atomic E-state index is 12.1. The van der Waals surface area contributed by atoms with Crippen LogP contribution < -0.4 is 16.4 Å². The summed E-state index contributed by atoms with van der Waals surface area (Å²) >= 11 is 3.05. The van der Waals surface area contributed by atoms with Gasteiger partial charge >= 0.3 is 5.97 Å². The molecule has 0 rings (SSSR count). The fourth-order valence-corrected chi connectivity index (χ4v) is 2.47. The van der Waals surface area contributed by atoms with Gasteiger partial charge in [-0.3, -0.25) is 9.59 Å². The second kappa shape index (κ2) is 11.7. The Balaban J connectivity index is 4.66. The van der Waals surface area contributed by atoms with Crippen LogP contribution in [0.15, 0.2) is 0 Å². The molecule has 2 amide bonds. The highest BCUT2D eigenvalue weighted by atomic mass is 32.2. The van der Waals surface area contributed by atoms with Crippen LogP contribution in [0.1, 0.15) is 12.8 Å². The summed E-state index contributed by atoms with van der Waals surface area (Å²) in [6.07, 6.45) is 4.51. The Morgan fingerprint density at radius 2 is 1.57 bits per heavy atom. The van der Waals surface area contributed by atoms with Crippen LogP contribution in [0.4, 0.5) is 0 Å². The number of nitrogens with one attached hydrogen (secondary N) is 2. The molecule has 0 spiro atoms. The highest BCUT2D eigenvalue weighted by Crippen LogP contribution is 2.04. The quantitative estimate of drug-likeness (QED) is 0.401. The number of hydrogen-bond donors (Lipinski definition) is 4. The number of thioether (sulfide) groups is 2. The molecule has 5 N–H and O–H groups in total. The van der Waals surface area contributed by atoms with Crippen LogP contribution in [0.25, 0.3) is 0 Å². The highest BCUT2D eigenvalue weighted by molar-refractivity contribution is 7.98. The molecule has 0 aromatic rings. The summed E-state index contributed by atoms with van der Waals surface area (Å²) in [5.41, 5.74) is 5.22. The van der Waals surface area contributed by atoms with Crippen LogP contribution in [-0.4, -0.2) is 65.5 Å². The van der Waals surface area contributed by atoms with E-state index >= 15 is 0 Å². The van der Waals surface area contributed by atoms with Crippen molar-refractivity contribution in [1.29, 1.82) is 0 Å². The zero-order valence-corrected chi connectivity index (χ0v) is 13.9. The number of rotatable bonds is 11. The van der Waals surface area contributed by atoms with Gasteiger partial charge < -0.3 is 21.5 Å². The topological polar surface area (TPSA) is 122 Å². The first-order valence-corrected chi connectivity index (χ1v) is 9.25. The Kier molecular flexibility index (Phi) is 11.2. The lowest BCUT2D eigenvalue weighted by molar-refractivity contribution is -0.142. The van der Waals surface area contributed by atoms with Crippen molar-refractivity contribution in [3.63, 3.8) is 0 Å². The van der Waals surface area contributed by atoms with E-state index in [1.165, 1.54) is 23.5 Å². The smallest absolute Gasteiger partial charge is 0.326 e. The minimum atomic E-state index is -1.08. The van der Waals surface area contributed by atoms with Gasteiger partial charge in [-0.05, 0) is 36.9 Å². The van der Waals surface area contributed by atoms with Gasteiger partial charge in [0.25, 0.3) is 0 Å². The van der Waals surface area contributed by atoms with Crippen molar-refractivity contribution < 1.29 is 19.5 Å². The van der Waals surface area contributed by atoms with Crippen LogP contribution in [0, 0.1) is 0 Å². The average Bonchev–Trinajstić information content (AvgIpc) is 2.46. The molecule has 0 aliphatic heterocycles. The fraction of sp³-hybridized carbons (Fsp3) is 0.750. The van der Waals surface area contributed by atoms with Crippen LogP contribution in [0.3, 0.4) is 0 Å². The number of nitrogens with two attached hydrogens (primary N) is 1. The number of carbonyl (C=O) groups is 3. The summed E-state index contributed by atoms with van der Waals surface area (Å²) in [5.74, 6) is -0.703. The second-order valence-electron chi connectivity index (χ2n) is 4.29. The molecular weight excluding hydrogens is 314 g/mol. The van der Waals surface area contributed by atoms with Crippen molar-refractivity contribution in [2.45, 2.75) is 24.9 Å². The predicted molar refractivity (Wildman–Crippen MR) is 86.5 cm³/mol. The molecule has 0 radical (unpaired) electrons. The SMILES string of the molecule is CSCCC(NC(=O)C(CCSC)NC(=O)CN)C(=O)O. The second-order valence-corrected chi connectivity index (χ2v) is 6.26. The van der Waals surface area contributed by atoms with E-state index < -0.39 is 29.9 Å². The van der Waals surface area contributed by atoms with Gasteiger partial charge in [-0.1, -0.05) is 0 Å². The molecule has 9 heteroatoms. The molecule has 0 saturated carbocycles. The van der Waals surface area contributed by atoms with Crippen molar-refractivity contribution in [2.75, 3.05) is 30.6 Å². The third-order valence-electron chi connectivity index (χ3n) is 2.67. The summed E-state index contributed by atoms with van der Waals surface area (Å²) in [6.45, 7) is -0.210. The standard InChI is InChI=1S/C12H23N3O4S2/c1-20-5-3-8(14-10(16)7-13)11(17)15-9(12(18)19)4-6-21-2/h8-9H,3-7,13H2,1-2H3,(H,14,16)(H,15,17)(H,18,19). The largest absolute Gasteiger partial charge is 0.480 e. The lowest BCUT2D eigenvalue weighted by Crippen LogP contribution is -2.52. The number of carboxylic acids is 1. The molecule has 7 nitrogen and oxygen atoms in total. The first-order chi connectivity index (χ1) is 9.96. The number of aliphatic carboxylic acids is 1. The van der Waals surface area contributed by atoms with E-state index in [4.69, 9.17) is 10.8 Å². The minimum absolute atomic E-state index is 0.210. The zero-order valence-electron chi connectivity index (χ0n) is 12.3.